The predicted octanol–water partition coefficient (Wildman–Crippen LogP) is 6.72. The molecule has 8 heteroatoms. The summed E-state index contributed by atoms with van der Waals surface area (Å²) in [5.41, 5.74) is 0.103. The third-order valence-corrected chi connectivity index (χ3v) is 6.01. The Balaban J connectivity index is 2.45. The van der Waals surface area contributed by atoms with Crippen LogP contribution >= 0.6 is 37.4 Å². The smallest absolute Gasteiger partial charge is 0.201 e. The van der Waals surface area contributed by atoms with Gasteiger partial charge in [-0.25, -0.2) is 0 Å². The van der Waals surface area contributed by atoms with Gasteiger partial charge in [0.15, 0.2) is 5.37 Å². The first-order chi connectivity index (χ1) is 9.50. The van der Waals surface area contributed by atoms with E-state index in [2.05, 4.69) is 20.9 Å². The Hall–Kier alpha value is -0.790. The minimum atomic E-state index is -8.56. The van der Waals surface area contributed by atoms with Crippen LogP contribution in [0.5, 0.6) is 0 Å². The van der Waals surface area contributed by atoms with E-state index < -0.39 is 32.1 Å². The number of allylic oxidation sites excluding steroid dienone is 1. The molecule has 1 heterocycles. The van der Waals surface area contributed by atoms with Crippen LogP contribution in [0.1, 0.15) is 12.0 Å². The van der Waals surface area contributed by atoms with Gasteiger partial charge in [-0.3, -0.25) is 4.99 Å². The largest absolute Gasteiger partial charge is 0.270 e. The molecule has 2 rings (SSSR count). The van der Waals surface area contributed by atoms with E-state index in [4.69, 9.17) is 11.6 Å². The zero-order valence-corrected chi connectivity index (χ0v) is 13.7. The highest BCUT2D eigenvalue weighted by molar-refractivity contribution is 9.12. The number of nitrogens with zero attached hydrogens (tertiary/aromatic N) is 1. The maximum atomic E-state index is 14.2. The molecule has 1 nitrogen and oxygen atoms in total. The van der Waals surface area contributed by atoms with Crippen LogP contribution in [0.15, 0.2) is 51.3 Å². The summed E-state index contributed by atoms with van der Waals surface area (Å²) in [6.45, 7) is 0. The van der Waals surface area contributed by atoms with Crippen molar-refractivity contribution in [2.24, 2.45) is 4.99 Å². The topological polar surface area (TPSA) is 12.4 Å². The number of halogens is 6. The summed E-state index contributed by atoms with van der Waals surface area (Å²) >= 11 is 8.67. The molecule has 0 saturated heterocycles. The lowest BCUT2D eigenvalue weighted by molar-refractivity contribution is 0.440. The molecule has 1 aromatic rings. The quantitative estimate of drug-likeness (QED) is 0.496. The molecule has 0 amide bonds. The van der Waals surface area contributed by atoms with E-state index in [0.29, 0.717) is 4.48 Å². The van der Waals surface area contributed by atoms with Gasteiger partial charge in [-0.05, 0) is 21.5 Å². The van der Waals surface area contributed by atoms with E-state index in [0.717, 1.165) is 6.21 Å². The SMILES string of the molecule is FS(F)(F)(F)(/C=C(/Cl)c1ccccc1)C1CC=C(Br)C=N1. The van der Waals surface area contributed by atoms with E-state index in [1.54, 1.807) is 6.07 Å². The summed E-state index contributed by atoms with van der Waals surface area (Å²) in [6, 6.07) is 7.45. The van der Waals surface area contributed by atoms with Crippen molar-refractivity contribution in [2.75, 3.05) is 0 Å². The van der Waals surface area contributed by atoms with E-state index in [1.807, 2.05) is 0 Å². The lowest BCUT2D eigenvalue weighted by atomic mass is 10.2. The molecule has 1 unspecified atom stereocenters. The summed E-state index contributed by atoms with van der Waals surface area (Å²) in [5.74, 6) is 0. The molecule has 1 aromatic carbocycles. The van der Waals surface area contributed by atoms with Gasteiger partial charge in [-0.15, -0.1) is 15.5 Å². The molecule has 1 atom stereocenters. The Kier molecular flexibility index (Phi) is 3.84. The monoisotopic (exact) mass is 403 g/mol. The van der Waals surface area contributed by atoms with Gasteiger partial charge < -0.3 is 0 Å². The summed E-state index contributed by atoms with van der Waals surface area (Å²) in [7, 11) is -8.56. The lowest BCUT2D eigenvalue weighted by Gasteiger charge is -2.51. The Morgan fingerprint density at radius 3 is 2.38 bits per heavy atom. The molecular weight excluding hydrogens is 394 g/mol. The minimum Gasteiger partial charge on any atom is -0.270 e. The third kappa shape index (κ3) is 3.90. The fraction of sp³-hybridized carbons (Fsp3) is 0.154. The summed E-state index contributed by atoms with van der Waals surface area (Å²) in [6.07, 6.45) is 1.63. The third-order valence-electron chi connectivity index (χ3n) is 2.85. The number of dihydropyridines is 1. The van der Waals surface area contributed by atoms with Gasteiger partial charge in [0.05, 0.1) is 10.4 Å². The predicted molar refractivity (Wildman–Crippen MR) is 86.2 cm³/mol. The van der Waals surface area contributed by atoms with Crippen LogP contribution in [0.4, 0.5) is 15.5 Å². The molecule has 0 saturated carbocycles. The van der Waals surface area contributed by atoms with Crippen LogP contribution < -0.4 is 0 Å². The second-order valence-corrected chi connectivity index (χ2v) is 9.09. The first kappa shape index (κ1) is 16.6. The molecule has 116 valence electrons. The number of benzene rings is 1. The highest BCUT2D eigenvalue weighted by atomic mass is 79.9. The van der Waals surface area contributed by atoms with Crippen LogP contribution in [-0.4, -0.2) is 11.6 Å². The zero-order valence-electron chi connectivity index (χ0n) is 10.5. The fourth-order valence-corrected chi connectivity index (χ4v) is 4.30. The Bertz CT molecular complexity index is 650. The van der Waals surface area contributed by atoms with E-state index in [1.165, 1.54) is 30.3 Å². The highest BCUT2D eigenvalue weighted by Gasteiger charge is 2.67. The number of hydrogen-bond donors (Lipinski definition) is 0. The average molecular weight is 405 g/mol. The van der Waals surface area contributed by atoms with Crippen LogP contribution in [-0.2, 0) is 0 Å². The van der Waals surface area contributed by atoms with Gasteiger partial charge in [-0.1, -0.05) is 48.0 Å². The zero-order chi connectivity index (χ0) is 15.8. The fourth-order valence-electron chi connectivity index (χ4n) is 1.77. The van der Waals surface area contributed by atoms with Gasteiger partial charge >= 0.3 is 0 Å². The van der Waals surface area contributed by atoms with E-state index >= 15 is 0 Å². The van der Waals surface area contributed by atoms with Crippen molar-refractivity contribution < 1.29 is 15.5 Å². The molecule has 21 heavy (non-hydrogen) atoms. The van der Waals surface area contributed by atoms with Gasteiger partial charge in [0.2, 0.25) is 9.84 Å². The lowest BCUT2D eigenvalue weighted by Crippen LogP contribution is -2.27. The molecule has 0 radical (unpaired) electrons. The number of hydrogen-bond acceptors (Lipinski definition) is 1. The summed E-state index contributed by atoms with van der Waals surface area (Å²) in [5, 5.41) is -3.51. The Labute approximate surface area is 133 Å². The first-order valence-electron chi connectivity index (χ1n) is 5.83. The first-order valence-corrected chi connectivity index (χ1v) is 9.17. The van der Waals surface area contributed by atoms with E-state index in [9.17, 15) is 15.5 Å². The number of rotatable bonds is 3. The van der Waals surface area contributed by atoms with Crippen molar-refractivity contribution >= 4 is 48.6 Å². The molecule has 1 aliphatic rings. The summed E-state index contributed by atoms with van der Waals surface area (Å²) in [4.78, 5) is 3.28. The molecule has 0 aliphatic carbocycles. The van der Waals surface area contributed by atoms with Gasteiger partial charge in [-0.2, -0.15) is 0 Å². The van der Waals surface area contributed by atoms with Crippen LogP contribution in [0, 0.1) is 0 Å². The molecule has 0 fully saturated rings. The van der Waals surface area contributed by atoms with Crippen molar-refractivity contribution in [3.63, 3.8) is 0 Å². The Morgan fingerprint density at radius 2 is 1.86 bits per heavy atom. The standard InChI is InChI=1S/C13H11BrClF4NS/c14-11-6-7-13(20-8-11)21(16,17,18,19)9-12(15)10-4-2-1-3-5-10/h1-6,8-9,13H,7H2/b12-9+. The normalized spacial score (nSPS) is 23.2. The molecule has 0 aromatic heterocycles. The summed E-state index contributed by atoms with van der Waals surface area (Å²) < 4.78 is 57.2. The molecule has 1 aliphatic heterocycles. The highest BCUT2D eigenvalue weighted by Crippen LogP contribution is 3.01. The molecule has 0 N–H and O–H groups in total. The molecule has 0 spiro atoms. The van der Waals surface area contributed by atoms with Crippen molar-refractivity contribution in [1.29, 1.82) is 0 Å². The minimum absolute atomic E-state index is 0.103. The second kappa shape index (κ2) is 4.86. The van der Waals surface area contributed by atoms with Gasteiger partial charge in [0.25, 0.3) is 0 Å². The van der Waals surface area contributed by atoms with Crippen molar-refractivity contribution in [3.8, 4) is 0 Å². The van der Waals surface area contributed by atoms with Crippen LogP contribution in [0.2, 0.25) is 0 Å². The van der Waals surface area contributed by atoms with Gasteiger partial charge in [0.1, 0.15) is 0 Å². The van der Waals surface area contributed by atoms with Crippen molar-refractivity contribution in [1.82, 2.24) is 0 Å². The molecule has 0 bridgehead atoms. The maximum Gasteiger partial charge on any atom is 0.201 e. The average Bonchev–Trinajstić information content (AvgIpc) is 2.38. The van der Waals surface area contributed by atoms with Gasteiger partial charge in [0, 0.05) is 17.1 Å². The molecular formula is C13H11BrClF4NS. The van der Waals surface area contributed by atoms with E-state index in [-0.39, 0.29) is 5.56 Å². The van der Waals surface area contributed by atoms with Crippen molar-refractivity contribution in [2.45, 2.75) is 11.8 Å². The Morgan fingerprint density at radius 1 is 1.24 bits per heavy atom. The van der Waals surface area contributed by atoms with Crippen LogP contribution in [0.25, 0.3) is 5.03 Å². The van der Waals surface area contributed by atoms with Crippen molar-refractivity contribution in [3.05, 3.63) is 51.9 Å². The number of aliphatic imine (C=N–C) groups is 1. The second-order valence-electron chi connectivity index (χ2n) is 4.59. The van der Waals surface area contributed by atoms with Crippen LogP contribution in [0.3, 0.4) is 0 Å². The maximum absolute atomic E-state index is 14.2.